The van der Waals surface area contributed by atoms with E-state index >= 15 is 0 Å². The first-order valence-corrected chi connectivity index (χ1v) is 13.0. The van der Waals surface area contributed by atoms with Crippen molar-refractivity contribution in [1.82, 2.24) is 4.90 Å². The van der Waals surface area contributed by atoms with E-state index in [0.717, 1.165) is 44.1 Å². The first-order valence-electron chi connectivity index (χ1n) is 11.6. The Morgan fingerprint density at radius 2 is 1.76 bits per heavy atom. The van der Waals surface area contributed by atoms with E-state index in [1.807, 2.05) is 29.2 Å². The van der Waals surface area contributed by atoms with Crippen molar-refractivity contribution in [3.05, 3.63) is 59.7 Å². The minimum absolute atomic E-state index is 0.117. The Morgan fingerprint density at radius 3 is 2.52 bits per heavy atom. The van der Waals surface area contributed by atoms with Crippen LogP contribution in [-0.4, -0.2) is 50.9 Å². The van der Waals surface area contributed by atoms with Crippen LogP contribution < -0.4 is 4.31 Å². The summed E-state index contributed by atoms with van der Waals surface area (Å²) in [5.41, 5.74) is 1.93. The van der Waals surface area contributed by atoms with Crippen LogP contribution in [0.4, 0.5) is 5.69 Å². The quantitative estimate of drug-likeness (QED) is 0.600. The number of aryl methyl sites for hydroxylation is 1. The van der Waals surface area contributed by atoms with E-state index in [1.54, 1.807) is 0 Å². The summed E-state index contributed by atoms with van der Waals surface area (Å²) in [6.45, 7) is 2.86. The number of nitrogens with zero attached hydrogens (tertiary/aromatic N) is 2. The largest absolute Gasteiger partial charge is 0.452 e. The number of likely N-dealkylation sites (tertiary alicyclic amines) is 1. The molecular weight excluding hydrogens is 440 g/mol. The summed E-state index contributed by atoms with van der Waals surface area (Å²) in [4.78, 5) is 26.9. The number of rotatable bonds is 6. The Bertz CT molecular complexity index is 1110. The highest BCUT2D eigenvalue weighted by Gasteiger charge is 2.29. The number of para-hydroxylation sites is 1. The maximum atomic E-state index is 13.2. The van der Waals surface area contributed by atoms with Crippen LogP contribution in [0.15, 0.2) is 53.4 Å². The lowest BCUT2D eigenvalue weighted by atomic mass is 10.00. The normalized spacial score (nSPS) is 18.5. The predicted octanol–water partition coefficient (Wildman–Crippen LogP) is 3.78. The van der Waals surface area contributed by atoms with Gasteiger partial charge in [-0.25, -0.2) is 13.2 Å². The van der Waals surface area contributed by atoms with Crippen molar-refractivity contribution >= 4 is 27.6 Å². The molecule has 0 spiro atoms. The number of carbonyl (C=O) groups is 2. The number of esters is 1. The molecule has 0 N–H and O–H groups in total. The van der Waals surface area contributed by atoms with E-state index in [4.69, 9.17) is 4.74 Å². The molecule has 0 bridgehead atoms. The molecule has 33 heavy (non-hydrogen) atoms. The molecular formula is C25H30N2O5S. The first kappa shape index (κ1) is 23.3. The van der Waals surface area contributed by atoms with E-state index < -0.39 is 16.0 Å². The first-order chi connectivity index (χ1) is 15.9. The van der Waals surface area contributed by atoms with Crippen molar-refractivity contribution in [3.63, 3.8) is 0 Å². The molecule has 4 rings (SSSR count). The summed E-state index contributed by atoms with van der Waals surface area (Å²) < 4.78 is 33.1. The van der Waals surface area contributed by atoms with Gasteiger partial charge in [0, 0.05) is 19.1 Å². The van der Waals surface area contributed by atoms with E-state index in [-0.39, 0.29) is 29.0 Å². The van der Waals surface area contributed by atoms with Crippen LogP contribution in [0.1, 0.15) is 54.9 Å². The summed E-state index contributed by atoms with van der Waals surface area (Å²) in [6.07, 6.45) is 5.55. The third-order valence-corrected chi connectivity index (χ3v) is 8.32. The summed E-state index contributed by atoms with van der Waals surface area (Å²) in [6, 6.07) is 13.4. The highest BCUT2D eigenvalue weighted by Crippen LogP contribution is 2.31. The van der Waals surface area contributed by atoms with E-state index in [2.05, 4.69) is 6.92 Å². The molecule has 2 aromatic carbocycles. The molecule has 0 aliphatic carbocycles. The van der Waals surface area contributed by atoms with Gasteiger partial charge in [-0.1, -0.05) is 25.1 Å². The molecule has 0 saturated carbocycles. The topological polar surface area (TPSA) is 84.0 Å². The maximum Gasteiger partial charge on any atom is 0.338 e. The second-order valence-electron chi connectivity index (χ2n) is 8.55. The van der Waals surface area contributed by atoms with Crippen LogP contribution in [0.5, 0.6) is 0 Å². The van der Waals surface area contributed by atoms with Crippen LogP contribution in [-0.2, 0) is 26.0 Å². The number of fused-ring (bicyclic) bond motifs is 1. The zero-order valence-electron chi connectivity index (χ0n) is 18.9. The molecule has 8 heteroatoms. The van der Waals surface area contributed by atoms with Gasteiger partial charge < -0.3 is 9.64 Å². The summed E-state index contributed by atoms with van der Waals surface area (Å²) >= 11 is 0. The number of sulfonamides is 1. The lowest BCUT2D eigenvalue weighted by Crippen LogP contribution is -2.45. The van der Waals surface area contributed by atoms with Gasteiger partial charge >= 0.3 is 5.97 Å². The third kappa shape index (κ3) is 4.90. The van der Waals surface area contributed by atoms with Crippen LogP contribution in [0.3, 0.4) is 0 Å². The number of hydrogen-bond donors (Lipinski definition) is 0. The second-order valence-corrected chi connectivity index (χ2v) is 10.4. The van der Waals surface area contributed by atoms with Gasteiger partial charge in [0.05, 0.1) is 16.1 Å². The molecule has 0 aromatic heterocycles. The standard InChI is InChI=1S/C25H30N2O5S/c1-2-21-10-5-6-16-26(21)24(28)18-32-25(29)20-12-14-22(15-13-20)33(30,31)27-17-7-9-19-8-3-4-11-23(19)27/h3-4,8,11-15,21H,2,5-7,9-10,16-18H2,1H3. The number of ether oxygens (including phenoxy) is 1. The monoisotopic (exact) mass is 470 g/mol. The van der Waals surface area contributed by atoms with Gasteiger partial charge in [0.1, 0.15) is 0 Å². The maximum absolute atomic E-state index is 13.2. The highest BCUT2D eigenvalue weighted by atomic mass is 32.2. The van der Waals surface area contributed by atoms with Crippen molar-refractivity contribution < 1.29 is 22.7 Å². The molecule has 2 aromatic rings. The minimum Gasteiger partial charge on any atom is -0.452 e. The Kier molecular flexibility index (Phi) is 7.02. The van der Waals surface area contributed by atoms with Gasteiger partial charge in [-0.15, -0.1) is 0 Å². The fourth-order valence-electron chi connectivity index (χ4n) is 4.69. The summed E-state index contributed by atoms with van der Waals surface area (Å²) in [5, 5.41) is 0. The molecule has 1 amide bonds. The van der Waals surface area contributed by atoms with Gasteiger partial charge in [0.25, 0.3) is 15.9 Å². The summed E-state index contributed by atoms with van der Waals surface area (Å²) in [7, 11) is -3.75. The smallest absolute Gasteiger partial charge is 0.338 e. The molecule has 2 aliphatic rings. The summed E-state index contributed by atoms with van der Waals surface area (Å²) in [5.74, 6) is -0.821. The molecule has 2 aliphatic heterocycles. The molecule has 1 saturated heterocycles. The van der Waals surface area contributed by atoms with Gasteiger partial charge in [0.15, 0.2) is 6.61 Å². The Balaban J connectivity index is 1.42. The van der Waals surface area contributed by atoms with Gasteiger partial charge in [0.2, 0.25) is 0 Å². The van der Waals surface area contributed by atoms with Gasteiger partial charge in [-0.2, -0.15) is 0 Å². The third-order valence-electron chi connectivity index (χ3n) is 6.49. The van der Waals surface area contributed by atoms with Crippen molar-refractivity contribution in [2.75, 3.05) is 24.0 Å². The predicted molar refractivity (Wildman–Crippen MR) is 126 cm³/mol. The van der Waals surface area contributed by atoms with Crippen molar-refractivity contribution in [3.8, 4) is 0 Å². The van der Waals surface area contributed by atoms with Gasteiger partial charge in [-0.05, 0) is 74.4 Å². The Morgan fingerprint density at radius 1 is 1.00 bits per heavy atom. The fourth-order valence-corrected chi connectivity index (χ4v) is 6.23. The molecule has 1 fully saturated rings. The number of piperidine rings is 1. The fraction of sp³-hybridized carbons (Fsp3) is 0.440. The average molecular weight is 471 g/mol. The van der Waals surface area contributed by atoms with Crippen LogP contribution in [0, 0.1) is 0 Å². The zero-order valence-corrected chi connectivity index (χ0v) is 19.7. The van der Waals surface area contributed by atoms with Crippen molar-refractivity contribution in [2.45, 2.75) is 56.4 Å². The van der Waals surface area contributed by atoms with E-state index in [1.165, 1.54) is 28.6 Å². The second kappa shape index (κ2) is 9.95. The number of carbonyl (C=O) groups excluding carboxylic acids is 2. The Labute approximate surface area is 195 Å². The lowest BCUT2D eigenvalue weighted by Gasteiger charge is -2.35. The van der Waals surface area contributed by atoms with E-state index in [9.17, 15) is 18.0 Å². The van der Waals surface area contributed by atoms with Crippen LogP contribution in [0.2, 0.25) is 0 Å². The lowest BCUT2D eigenvalue weighted by molar-refractivity contribution is -0.138. The number of hydrogen-bond acceptors (Lipinski definition) is 5. The van der Waals surface area contributed by atoms with Crippen molar-refractivity contribution in [2.24, 2.45) is 0 Å². The van der Waals surface area contributed by atoms with Gasteiger partial charge in [-0.3, -0.25) is 9.10 Å². The molecule has 1 unspecified atom stereocenters. The molecule has 176 valence electrons. The average Bonchev–Trinajstić information content (AvgIpc) is 2.86. The molecule has 0 radical (unpaired) electrons. The Hall–Kier alpha value is -2.87. The molecule has 1 atom stereocenters. The number of anilines is 1. The number of benzene rings is 2. The van der Waals surface area contributed by atoms with Crippen LogP contribution in [0.25, 0.3) is 0 Å². The SMILES string of the molecule is CCC1CCCCN1C(=O)COC(=O)c1ccc(S(=O)(=O)N2CCCc3ccccc32)cc1. The van der Waals surface area contributed by atoms with Crippen LogP contribution >= 0.6 is 0 Å². The zero-order chi connectivity index (χ0) is 23.4. The number of amides is 1. The van der Waals surface area contributed by atoms with Crippen molar-refractivity contribution in [1.29, 1.82) is 0 Å². The highest BCUT2D eigenvalue weighted by molar-refractivity contribution is 7.92. The molecule has 2 heterocycles. The minimum atomic E-state index is -3.75. The van der Waals surface area contributed by atoms with E-state index in [0.29, 0.717) is 18.8 Å². The molecule has 7 nitrogen and oxygen atoms in total.